The Morgan fingerprint density at radius 2 is 1.95 bits per heavy atom. The van der Waals surface area contributed by atoms with Gasteiger partial charge in [0.25, 0.3) is 5.91 Å². The molecular weight excluding hydrogens is 278 g/mol. The maximum absolute atomic E-state index is 12.0. The van der Waals surface area contributed by atoms with Crippen LogP contribution in [-0.2, 0) is 9.53 Å². The summed E-state index contributed by atoms with van der Waals surface area (Å²) in [4.78, 5) is 24.0. The van der Waals surface area contributed by atoms with Crippen molar-refractivity contribution in [2.45, 2.75) is 46.1 Å². The molecule has 1 aliphatic carbocycles. The molecule has 4 nitrogen and oxygen atoms in total. The van der Waals surface area contributed by atoms with Crippen LogP contribution in [0.2, 0.25) is 0 Å². The molecular formula is C18H25NO3. The standard InChI is InChI=1S/C18H25NO3/c1-12-8-6-10-16(14(12)3)19-17(20)11-22-18(21)15-9-5-4-7-13(15)2/h4-5,7,9,12,14,16H,6,8,10-11H2,1-3H3,(H,19,20). The van der Waals surface area contributed by atoms with E-state index in [1.807, 2.05) is 19.1 Å². The van der Waals surface area contributed by atoms with E-state index in [1.165, 1.54) is 6.42 Å². The fourth-order valence-electron chi connectivity index (χ4n) is 3.04. The molecule has 0 spiro atoms. The Kier molecular flexibility index (Phi) is 5.58. The van der Waals surface area contributed by atoms with Gasteiger partial charge in [0.05, 0.1) is 5.56 Å². The van der Waals surface area contributed by atoms with Crippen molar-refractivity contribution in [1.82, 2.24) is 5.32 Å². The highest BCUT2D eigenvalue weighted by atomic mass is 16.5. The Hall–Kier alpha value is -1.84. The zero-order valence-corrected chi connectivity index (χ0v) is 13.6. The van der Waals surface area contributed by atoms with Crippen LogP contribution >= 0.6 is 0 Å². The summed E-state index contributed by atoms with van der Waals surface area (Å²) in [5, 5.41) is 3.00. The second kappa shape index (κ2) is 7.43. The number of aryl methyl sites for hydroxylation is 1. The summed E-state index contributed by atoms with van der Waals surface area (Å²) in [5.41, 5.74) is 1.36. The molecule has 3 atom stereocenters. The highest BCUT2D eigenvalue weighted by Gasteiger charge is 2.28. The minimum Gasteiger partial charge on any atom is -0.452 e. The van der Waals surface area contributed by atoms with Gasteiger partial charge in [-0.1, -0.05) is 44.9 Å². The number of ether oxygens (including phenoxy) is 1. The van der Waals surface area contributed by atoms with E-state index in [2.05, 4.69) is 19.2 Å². The van der Waals surface area contributed by atoms with Gasteiger partial charge in [-0.3, -0.25) is 4.79 Å². The lowest BCUT2D eigenvalue weighted by atomic mass is 9.78. The summed E-state index contributed by atoms with van der Waals surface area (Å²) in [5.74, 6) is 0.421. The van der Waals surface area contributed by atoms with Crippen molar-refractivity contribution in [2.24, 2.45) is 11.8 Å². The summed E-state index contributed by atoms with van der Waals surface area (Å²) in [6.07, 6.45) is 3.36. The van der Waals surface area contributed by atoms with Gasteiger partial charge in [-0.25, -0.2) is 4.79 Å². The molecule has 2 rings (SSSR count). The molecule has 0 aromatic heterocycles. The van der Waals surface area contributed by atoms with Crippen molar-refractivity contribution in [3.05, 3.63) is 35.4 Å². The predicted molar refractivity (Wildman–Crippen MR) is 85.6 cm³/mol. The van der Waals surface area contributed by atoms with Gasteiger partial charge in [-0.2, -0.15) is 0 Å². The second-order valence-corrected chi connectivity index (χ2v) is 6.33. The van der Waals surface area contributed by atoms with Gasteiger partial charge in [0.2, 0.25) is 0 Å². The van der Waals surface area contributed by atoms with Crippen LogP contribution in [0.25, 0.3) is 0 Å². The number of esters is 1. The van der Waals surface area contributed by atoms with Crippen LogP contribution in [0.4, 0.5) is 0 Å². The maximum atomic E-state index is 12.0. The van der Waals surface area contributed by atoms with E-state index in [-0.39, 0.29) is 18.6 Å². The summed E-state index contributed by atoms with van der Waals surface area (Å²) < 4.78 is 5.12. The molecule has 3 unspecified atom stereocenters. The highest BCUT2D eigenvalue weighted by Crippen LogP contribution is 2.29. The number of carbonyl (C=O) groups is 2. The first-order valence-corrected chi connectivity index (χ1v) is 8.01. The number of hydrogen-bond donors (Lipinski definition) is 1. The summed E-state index contributed by atoms with van der Waals surface area (Å²) in [6.45, 7) is 6.03. The molecule has 0 heterocycles. The molecule has 1 aliphatic rings. The van der Waals surface area contributed by atoms with E-state index in [1.54, 1.807) is 12.1 Å². The third-order valence-electron chi connectivity index (χ3n) is 4.75. The number of rotatable bonds is 4. The summed E-state index contributed by atoms with van der Waals surface area (Å²) in [7, 11) is 0. The van der Waals surface area contributed by atoms with Crippen molar-refractivity contribution in [3.8, 4) is 0 Å². The Morgan fingerprint density at radius 3 is 2.68 bits per heavy atom. The van der Waals surface area contributed by atoms with E-state index < -0.39 is 5.97 Å². The SMILES string of the molecule is Cc1ccccc1C(=O)OCC(=O)NC1CCCC(C)C1C. The van der Waals surface area contributed by atoms with Crippen LogP contribution in [0.15, 0.2) is 24.3 Å². The quantitative estimate of drug-likeness (QED) is 0.870. The van der Waals surface area contributed by atoms with Crippen molar-refractivity contribution >= 4 is 11.9 Å². The van der Waals surface area contributed by atoms with Crippen molar-refractivity contribution in [3.63, 3.8) is 0 Å². The molecule has 0 radical (unpaired) electrons. The van der Waals surface area contributed by atoms with Gasteiger partial charge in [0, 0.05) is 6.04 Å². The third-order valence-corrected chi connectivity index (χ3v) is 4.75. The minimum atomic E-state index is -0.446. The zero-order chi connectivity index (χ0) is 16.1. The largest absolute Gasteiger partial charge is 0.452 e. The molecule has 120 valence electrons. The van der Waals surface area contributed by atoms with Gasteiger partial charge in [-0.15, -0.1) is 0 Å². The highest BCUT2D eigenvalue weighted by molar-refractivity contribution is 5.92. The summed E-state index contributed by atoms with van der Waals surface area (Å²) >= 11 is 0. The Balaban J connectivity index is 1.83. The lowest BCUT2D eigenvalue weighted by Crippen LogP contribution is -2.45. The lowest BCUT2D eigenvalue weighted by molar-refractivity contribution is -0.125. The fraction of sp³-hybridized carbons (Fsp3) is 0.556. The van der Waals surface area contributed by atoms with Crippen LogP contribution in [0.5, 0.6) is 0 Å². The second-order valence-electron chi connectivity index (χ2n) is 6.33. The zero-order valence-electron chi connectivity index (χ0n) is 13.6. The number of carbonyl (C=O) groups excluding carboxylic acids is 2. The molecule has 0 saturated heterocycles. The van der Waals surface area contributed by atoms with Crippen LogP contribution in [0.1, 0.15) is 49.0 Å². The lowest BCUT2D eigenvalue weighted by Gasteiger charge is -2.34. The van der Waals surface area contributed by atoms with E-state index in [4.69, 9.17) is 4.74 Å². The maximum Gasteiger partial charge on any atom is 0.338 e. The molecule has 1 aromatic carbocycles. The first kappa shape index (κ1) is 16.5. The van der Waals surface area contributed by atoms with Crippen LogP contribution in [0.3, 0.4) is 0 Å². The molecule has 1 N–H and O–H groups in total. The van der Waals surface area contributed by atoms with Gasteiger partial charge in [0.1, 0.15) is 0 Å². The Morgan fingerprint density at radius 1 is 1.23 bits per heavy atom. The molecule has 1 amide bonds. The Bertz CT molecular complexity index is 541. The molecule has 1 aromatic rings. The smallest absolute Gasteiger partial charge is 0.338 e. The van der Waals surface area contributed by atoms with E-state index in [9.17, 15) is 9.59 Å². The average Bonchev–Trinajstić information content (AvgIpc) is 2.50. The molecule has 1 fully saturated rings. The normalized spacial score (nSPS) is 24.6. The average molecular weight is 303 g/mol. The number of amides is 1. The van der Waals surface area contributed by atoms with Crippen LogP contribution in [0, 0.1) is 18.8 Å². The van der Waals surface area contributed by atoms with Crippen molar-refractivity contribution < 1.29 is 14.3 Å². The molecule has 22 heavy (non-hydrogen) atoms. The molecule has 1 saturated carbocycles. The summed E-state index contributed by atoms with van der Waals surface area (Å²) in [6, 6.07) is 7.40. The van der Waals surface area contributed by atoms with Crippen LogP contribution in [-0.4, -0.2) is 24.5 Å². The topological polar surface area (TPSA) is 55.4 Å². The molecule has 4 heteroatoms. The monoisotopic (exact) mass is 303 g/mol. The first-order valence-electron chi connectivity index (χ1n) is 8.01. The van der Waals surface area contributed by atoms with Gasteiger partial charge in [-0.05, 0) is 36.8 Å². The van der Waals surface area contributed by atoms with Crippen LogP contribution < -0.4 is 5.32 Å². The Labute approximate surface area is 132 Å². The first-order chi connectivity index (χ1) is 10.5. The number of hydrogen-bond acceptors (Lipinski definition) is 3. The molecule has 0 bridgehead atoms. The minimum absolute atomic E-state index is 0.188. The fourth-order valence-corrected chi connectivity index (χ4v) is 3.04. The predicted octanol–water partition coefficient (Wildman–Crippen LogP) is 3.09. The van der Waals surface area contributed by atoms with E-state index >= 15 is 0 Å². The van der Waals surface area contributed by atoms with E-state index in [0.717, 1.165) is 18.4 Å². The van der Waals surface area contributed by atoms with Gasteiger partial charge >= 0.3 is 5.97 Å². The van der Waals surface area contributed by atoms with Crippen molar-refractivity contribution in [1.29, 1.82) is 0 Å². The van der Waals surface area contributed by atoms with E-state index in [0.29, 0.717) is 17.4 Å². The van der Waals surface area contributed by atoms with Gasteiger partial charge < -0.3 is 10.1 Å². The van der Waals surface area contributed by atoms with Gasteiger partial charge in [0.15, 0.2) is 6.61 Å². The molecule has 0 aliphatic heterocycles. The van der Waals surface area contributed by atoms with Crippen molar-refractivity contribution in [2.75, 3.05) is 6.61 Å². The number of benzene rings is 1. The third kappa shape index (κ3) is 4.09. The number of nitrogens with one attached hydrogen (secondary N) is 1.